The third-order valence-corrected chi connectivity index (χ3v) is 6.41. The van der Waals surface area contributed by atoms with Gasteiger partial charge in [-0.25, -0.2) is 8.91 Å². The van der Waals surface area contributed by atoms with Gasteiger partial charge >= 0.3 is 0 Å². The molecule has 2 aromatic heterocycles. The van der Waals surface area contributed by atoms with Crippen LogP contribution in [0.3, 0.4) is 0 Å². The van der Waals surface area contributed by atoms with Crippen molar-refractivity contribution in [3.63, 3.8) is 0 Å². The van der Waals surface area contributed by atoms with Crippen LogP contribution in [0.2, 0.25) is 0 Å². The fourth-order valence-corrected chi connectivity index (χ4v) is 4.32. The molecule has 0 unspecified atom stereocenters. The predicted molar refractivity (Wildman–Crippen MR) is 139 cm³/mol. The quantitative estimate of drug-likeness (QED) is 0.310. The maximum Gasteiger partial charge on any atom is 0.251 e. The van der Waals surface area contributed by atoms with Gasteiger partial charge in [-0.2, -0.15) is 5.10 Å². The smallest absolute Gasteiger partial charge is 0.251 e. The number of nitrogens with one attached hydrogen (secondary N) is 3. The Morgan fingerprint density at radius 2 is 2.17 bits per heavy atom. The number of hydrogen-bond acceptors (Lipinski definition) is 7. The molecule has 0 aliphatic carbocycles. The minimum absolute atomic E-state index is 0.186. The van der Waals surface area contributed by atoms with E-state index in [1.165, 1.54) is 0 Å². The first kappa shape index (κ1) is 24.7. The van der Waals surface area contributed by atoms with Gasteiger partial charge in [-0.3, -0.25) is 4.79 Å². The largest absolute Gasteiger partial charge is 0.495 e. The first-order valence-electron chi connectivity index (χ1n) is 11.3. The van der Waals surface area contributed by atoms with Crippen LogP contribution in [-0.4, -0.2) is 73.5 Å². The summed E-state index contributed by atoms with van der Waals surface area (Å²) < 4.78 is 21.7. The number of likely N-dealkylation sites (tertiary alicyclic amines) is 1. The van der Waals surface area contributed by atoms with Crippen LogP contribution in [0.5, 0.6) is 5.75 Å². The van der Waals surface area contributed by atoms with E-state index in [1.54, 1.807) is 36.9 Å². The van der Waals surface area contributed by atoms with Crippen LogP contribution in [0.1, 0.15) is 22.5 Å². The number of thiol groups is 1. The Balaban J connectivity index is 1.48. The number of pyridine rings is 1. The number of fused-ring (bicyclic) bond motifs is 1. The molecule has 1 aliphatic heterocycles. The number of amides is 1. The fraction of sp³-hybridized carbons (Fsp3) is 0.360. The first-order chi connectivity index (χ1) is 16.9. The lowest BCUT2D eigenvalue weighted by Gasteiger charge is -2.33. The SMILES string of the molecule is CNC(=O)c1ccc(NCC#Cc2nn3c(N[C@@H]4CCN(C)C[C@@H]4F)cccc3c2S)c(OC)c1. The van der Waals surface area contributed by atoms with E-state index < -0.39 is 6.17 Å². The molecule has 10 heteroatoms. The molecule has 0 bridgehead atoms. The number of methoxy groups -OCH3 is 1. The number of anilines is 2. The second-order valence-corrected chi connectivity index (χ2v) is 8.82. The standard InChI is InChI=1S/C25H29FN6O2S/c1-27-25(33)16-9-10-19(22(14-16)34-3)28-12-5-6-20-24(35)21-7-4-8-23(32(21)30-20)29-18-11-13-31(2)15-17(18)26/h4,7-10,14,17-18,28-29,35H,11-13,15H2,1-3H3,(H,27,33)/t17-,18+/m0/s1. The van der Waals surface area contributed by atoms with Crippen molar-refractivity contribution in [1.82, 2.24) is 19.8 Å². The van der Waals surface area contributed by atoms with Gasteiger partial charge in [0.15, 0.2) is 0 Å². The number of carbonyl (C=O) groups excluding carboxylic acids is 1. The van der Waals surface area contributed by atoms with Crippen molar-refractivity contribution in [2.75, 3.05) is 51.5 Å². The molecule has 8 nitrogen and oxygen atoms in total. The Hall–Kier alpha value is -3.42. The summed E-state index contributed by atoms with van der Waals surface area (Å²) in [6, 6.07) is 10.6. The normalized spacial score (nSPS) is 18.0. The van der Waals surface area contributed by atoms with Crippen molar-refractivity contribution in [3.05, 3.63) is 47.7 Å². The summed E-state index contributed by atoms with van der Waals surface area (Å²) in [5.41, 5.74) is 2.56. The Morgan fingerprint density at radius 1 is 1.34 bits per heavy atom. The lowest BCUT2D eigenvalue weighted by molar-refractivity contribution is 0.0962. The number of halogens is 1. The summed E-state index contributed by atoms with van der Waals surface area (Å²) in [5, 5.41) is 13.7. The minimum atomic E-state index is -0.956. The van der Waals surface area contributed by atoms with E-state index in [-0.39, 0.29) is 11.9 Å². The Kier molecular flexibility index (Phi) is 7.68. The lowest BCUT2D eigenvalue weighted by Crippen LogP contribution is -2.46. The van der Waals surface area contributed by atoms with Gasteiger partial charge in [0.1, 0.15) is 23.4 Å². The number of carbonyl (C=O) groups is 1. The van der Waals surface area contributed by atoms with Gasteiger partial charge in [-0.15, -0.1) is 12.6 Å². The van der Waals surface area contributed by atoms with Gasteiger partial charge in [-0.1, -0.05) is 12.0 Å². The van der Waals surface area contributed by atoms with Gasteiger partial charge in [0.05, 0.1) is 35.8 Å². The van der Waals surface area contributed by atoms with Gasteiger partial charge < -0.3 is 25.6 Å². The zero-order valence-electron chi connectivity index (χ0n) is 19.9. The van der Waals surface area contributed by atoms with Gasteiger partial charge in [-0.05, 0) is 49.7 Å². The summed E-state index contributed by atoms with van der Waals surface area (Å²) in [4.78, 5) is 14.5. The predicted octanol–water partition coefficient (Wildman–Crippen LogP) is 2.91. The third-order valence-electron chi connectivity index (χ3n) is 5.97. The number of nitrogens with zero attached hydrogens (tertiary/aromatic N) is 3. The molecule has 35 heavy (non-hydrogen) atoms. The van der Waals surface area contributed by atoms with Crippen molar-refractivity contribution in [1.29, 1.82) is 0 Å². The molecule has 1 fully saturated rings. The highest BCUT2D eigenvalue weighted by Gasteiger charge is 2.28. The number of alkyl halides is 1. The molecule has 1 saturated heterocycles. The number of aromatic nitrogens is 2. The molecule has 0 spiro atoms. The molecule has 1 amide bonds. The molecular formula is C25H29FN6O2S. The number of rotatable bonds is 6. The van der Waals surface area contributed by atoms with E-state index in [1.807, 2.05) is 30.1 Å². The van der Waals surface area contributed by atoms with E-state index in [9.17, 15) is 9.18 Å². The molecule has 4 rings (SSSR count). The van der Waals surface area contributed by atoms with Crippen LogP contribution in [0.4, 0.5) is 15.9 Å². The number of benzene rings is 1. The van der Waals surface area contributed by atoms with Crippen molar-refractivity contribution in [2.45, 2.75) is 23.5 Å². The molecule has 184 valence electrons. The van der Waals surface area contributed by atoms with Crippen LogP contribution < -0.4 is 20.7 Å². The number of piperidine rings is 1. The van der Waals surface area contributed by atoms with E-state index in [2.05, 4.69) is 45.5 Å². The zero-order valence-corrected chi connectivity index (χ0v) is 20.8. The Bertz CT molecular complexity index is 1280. The summed E-state index contributed by atoms with van der Waals surface area (Å²) in [5.74, 6) is 7.19. The molecule has 0 saturated carbocycles. The first-order valence-corrected chi connectivity index (χ1v) is 11.8. The monoisotopic (exact) mass is 496 g/mol. The highest BCUT2D eigenvalue weighted by atomic mass is 32.1. The minimum Gasteiger partial charge on any atom is -0.495 e. The van der Waals surface area contributed by atoms with Crippen molar-refractivity contribution in [2.24, 2.45) is 0 Å². The molecule has 3 aromatic rings. The summed E-state index contributed by atoms with van der Waals surface area (Å²) >= 11 is 4.63. The second kappa shape index (κ2) is 10.9. The number of hydrogen-bond donors (Lipinski definition) is 4. The lowest BCUT2D eigenvalue weighted by atomic mass is 10.0. The maximum absolute atomic E-state index is 14.5. The maximum atomic E-state index is 14.5. The van der Waals surface area contributed by atoms with Crippen molar-refractivity contribution in [3.8, 4) is 17.6 Å². The third kappa shape index (κ3) is 5.47. The number of ether oxygens (including phenoxy) is 1. The van der Waals surface area contributed by atoms with E-state index in [0.717, 1.165) is 24.2 Å². The van der Waals surface area contributed by atoms with Crippen LogP contribution in [0.15, 0.2) is 41.3 Å². The average Bonchev–Trinajstić information content (AvgIpc) is 3.19. The highest BCUT2D eigenvalue weighted by molar-refractivity contribution is 7.80. The summed E-state index contributed by atoms with van der Waals surface area (Å²) in [6.07, 6.45) is -0.239. The molecule has 1 aromatic carbocycles. The second-order valence-electron chi connectivity index (χ2n) is 8.37. The topological polar surface area (TPSA) is 82.9 Å². The molecule has 3 N–H and O–H groups in total. The fourth-order valence-electron chi connectivity index (χ4n) is 4.05. The van der Waals surface area contributed by atoms with Crippen molar-refractivity contribution < 1.29 is 13.9 Å². The molecule has 3 heterocycles. The van der Waals surface area contributed by atoms with Crippen LogP contribution in [-0.2, 0) is 0 Å². The van der Waals surface area contributed by atoms with E-state index >= 15 is 0 Å². The van der Waals surface area contributed by atoms with Gasteiger partial charge in [0.2, 0.25) is 0 Å². The Morgan fingerprint density at radius 3 is 2.91 bits per heavy atom. The van der Waals surface area contributed by atoms with E-state index in [4.69, 9.17) is 4.74 Å². The highest BCUT2D eigenvalue weighted by Crippen LogP contribution is 2.26. The van der Waals surface area contributed by atoms with Crippen LogP contribution >= 0.6 is 12.6 Å². The summed E-state index contributed by atoms with van der Waals surface area (Å²) in [6.45, 7) is 1.59. The summed E-state index contributed by atoms with van der Waals surface area (Å²) in [7, 11) is 5.06. The van der Waals surface area contributed by atoms with Gasteiger partial charge in [0, 0.05) is 25.7 Å². The zero-order chi connectivity index (χ0) is 24.9. The Labute approximate surface area is 209 Å². The van der Waals surface area contributed by atoms with Crippen LogP contribution in [0.25, 0.3) is 5.52 Å². The molecule has 1 aliphatic rings. The molecule has 2 atom stereocenters. The molecular weight excluding hydrogens is 467 g/mol. The molecule has 0 radical (unpaired) electrons. The van der Waals surface area contributed by atoms with Crippen LogP contribution in [0, 0.1) is 11.8 Å². The van der Waals surface area contributed by atoms with Crippen molar-refractivity contribution >= 4 is 35.6 Å². The average molecular weight is 497 g/mol. The van der Waals surface area contributed by atoms with Gasteiger partial charge in [0.25, 0.3) is 5.91 Å². The van der Waals surface area contributed by atoms with E-state index in [0.29, 0.717) is 40.8 Å².